The SMILES string of the molecule is COC(=O)C(C)C(C)(O)c1ccc(CC(C)C)cc1. The fraction of sp³-hybridized carbons (Fsp3) is 0.562. The fourth-order valence-electron chi connectivity index (χ4n) is 2.11. The van der Waals surface area contributed by atoms with E-state index in [1.54, 1.807) is 13.8 Å². The second-order valence-corrected chi connectivity index (χ2v) is 5.69. The number of esters is 1. The summed E-state index contributed by atoms with van der Waals surface area (Å²) in [5.74, 6) is -0.412. The minimum atomic E-state index is -1.22. The van der Waals surface area contributed by atoms with Gasteiger partial charge in [0.2, 0.25) is 0 Å². The molecule has 0 saturated heterocycles. The molecule has 0 aliphatic carbocycles. The van der Waals surface area contributed by atoms with Crippen LogP contribution in [0.3, 0.4) is 0 Å². The molecular weight excluding hydrogens is 240 g/mol. The Balaban J connectivity index is 2.92. The summed E-state index contributed by atoms with van der Waals surface area (Å²) >= 11 is 0. The first kappa shape index (κ1) is 15.7. The third-order valence-electron chi connectivity index (χ3n) is 3.58. The van der Waals surface area contributed by atoms with E-state index in [4.69, 9.17) is 4.74 Å². The summed E-state index contributed by atoms with van der Waals surface area (Å²) < 4.78 is 4.70. The molecule has 0 spiro atoms. The number of benzene rings is 1. The molecule has 3 heteroatoms. The van der Waals surface area contributed by atoms with Crippen LogP contribution < -0.4 is 0 Å². The monoisotopic (exact) mass is 264 g/mol. The number of carbonyl (C=O) groups is 1. The number of aliphatic hydroxyl groups is 1. The molecule has 0 amide bonds. The molecule has 0 fully saturated rings. The van der Waals surface area contributed by atoms with E-state index in [0.29, 0.717) is 5.92 Å². The first-order valence-corrected chi connectivity index (χ1v) is 6.68. The molecule has 106 valence electrons. The predicted molar refractivity (Wildman–Crippen MR) is 75.7 cm³/mol. The molecule has 0 saturated carbocycles. The summed E-state index contributed by atoms with van der Waals surface area (Å²) in [5, 5.41) is 10.5. The Morgan fingerprint density at radius 1 is 1.26 bits per heavy atom. The van der Waals surface area contributed by atoms with E-state index in [1.807, 2.05) is 24.3 Å². The van der Waals surface area contributed by atoms with Gasteiger partial charge in [-0.2, -0.15) is 0 Å². The Bertz CT molecular complexity index is 418. The van der Waals surface area contributed by atoms with Crippen LogP contribution in [-0.4, -0.2) is 18.2 Å². The van der Waals surface area contributed by atoms with Crippen LogP contribution in [0.2, 0.25) is 0 Å². The molecule has 0 radical (unpaired) electrons. The van der Waals surface area contributed by atoms with Gasteiger partial charge in [0.05, 0.1) is 18.6 Å². The lowest BCUT2D eigenvalue weighted by molar-refractivity contribution is -0.154. The average molecular weight is 264 g/mol. The van der Waals surface area contributed by atoms with Gasteiger partial charge in [-0.15, -0.1) is 0 Å². The number of carbonyl (C=O) groups excluding carboxylic acids is 1. The topological polar surface area (TPSA) is 46.5 Å². The van der Waals surface area contributed by atoms with Crippen molar-refractivity contribution in [3.8, 4) is 0 Å². The van der Waals surface area contributed by atoms with E-state index < -0.39 is 17.5 Å². The van der Waals surface area contributed by atoms with Crippen LogP contribution in [0.5, 0.6) is 0 Å². The van der Waals surface area contributed by atoms with Crippen LogP contribution in [0, 0.1) is 11.8 Å². The molecule has 0 heterocycles. The van der Waals surface area contributed by atoms with Gasteiger partial charge in [-0.3, -0.25) is 4.79 Å². The van der Waals surface area contributed by atoms with Crippen molar-refractivity contribution in [2.24, 2.45) is 11.8 Å². The fourth-order valence-corrected chi connectivity index (χ4v) is 2.11. The van der Waals surface area contributed by atoms with Gasteiger partial charge in [0.1, 0.15) is 0 Å². The second kappa shape index (κ2) is 6.20. The minimum absolute atomic E-state index is 0.406. The summed E-state index contributed by atoms with van der Waals surface area (Å²) in [6.07, 6.45) is 1.01. The highest BCUT2D eigenvalue weighted by Crippen LogP contribution is 2.30. The normalized spacial score (nSPS) is 15.9. The zero-order chi connectivity index (χ0) is 14.6. The number of ether oxygens (including phenoxy) is 1. The van der Waals surface area contributed by atoms with Crippen LogP contribution >= 0.6 is 0 Å². The van der Waals surface area contributed by atoms with Crippen molar-refractivity contribution in [2.75, 3.05) is 7.11 Å². The first-order chi connectivity index (χ1) is 8.78. The summed E-state index contributed by atoms with van der Waals surface area (Å²) in [5.41, 5.74) is 0.752. The Morgan fingerprint density at radius 3 is 2.21 bits per heavy atom. The zero-order valence-electron chi connectivity index (χ0n) is 12.4. The van der Waals surface area contributed by atoms with E-state index in [2.05, 4.69) is 13.8 Å². The number of methoxy groups -OCH3 is 1. The first-order valence-electron chi connectivity index (χ1n) is 6.68. The van der Waals surface area contributed by atoms with Gasteiger partial charge in [-0.1, -0.05) is 38.1 Å². The average Bonchev–Trinajstić information content (AvgIpc) is 2.36. The molecule has 0 aromatic heterocycles. The van der Waals surface area contributed by atoms with Crippen LogP contribution in [-0.2, 0) is 21.6 Å². The summed E-state index contributed by atoms with van der Waals surface area (Å²) in [7, 11) is 1.33. The standard InChI is InChI=1S/C16H24O3/c1-11(2)10-13-6-8-14(9-7-13)16(4,18)12(3)15(17)19-5/h6-9,11-12,18H,10H2,1-5H3. The lowest BCUT2D eigenvalue weighted by Crippen LogP contribution is -2.35. The Morgan fingerprint density at radius 2 is 1.79 bits per heavy atom. The number of rotatable bonds is 5. The van der Waals surface area contributed by atoms with Gasteiger partial charge in [-0.05, 0) is 37.3 Å². The van der Waals surface area contributed by atoms with Gasteiger partial charge in [0.25, 0.3) is 0 Å². The molecule has 2 unspecified atom stereocenters. The maximum absolute atomic E-state index is 11.6. The quantitative estimate of drug-likeness (QED) is 0.832. The molecule has 0 aliphatic heterocycles. The zero-order valence-corrected chi connectivity index (χ0v) is 12.4. The molecule has 1 aromatic rings. The summed E-state index contributed by atoms with van der Waals surface area (Å²) in [6, 6.07) is 7.79. The molecule has 1 aromatic carbocycles. The molecule has 1 N–H and O–H groups in total. The highest BCUT2D eigenvalue weighted by Gasteiger charge is 2.36. The second-order valence-electron chi connectivity index (χ2n) is 5.69. The smallest absolute Gasteiger partial charge is 0.311 e. The summed E-state index contributed by atoms with van der Waals surface area (Å²) in [6.45, 7) is 7.66. The van der Waals surface area contributed by atoms with E-state index in [1.165, 1.54) is 12.7 Å². The highest BCUT2D eigenvalue weighted by atomic mass is 16.5. The van der Waals surface area contributed by atoms with Crippen molar-refractivity contribution in [3.05, 3.63) is 35.4 Å². The molecule has 2 atom stereocenters. The van der Waals surface area contributed by atoms with Crippen molar-refractivity contribution in [1.29, 1.82) is 0 Å². The van der Waals surface area contributed by atoms with E-state index in [9.17, 15) is 9.90 Å². The molecule has 19 heavy (non-hydrogen) atoms. The minimum Gasteiger partial charge on any atom is -0.469 e. The Labute approximate surface area is 115 Å². The van der Waals surface area contributed by atoms with E-state index in [-0.39, 0.29) is 0 Å². The van der Waals surface area contributed by atoms with Crippen molar-refractivity contribution >= 4 is 5.97 Å². The van der Waals surface area contributed by atoms with Crippen LogP contribution in [0.25, 0.3) is 0 Å². The predicted octanol–water partition coefficient (Wildman–Crippen LogP) is 2.90. The number of hydrogen-bond donors (Lipinski definition) is 1. The van der Waals surface area contributed by atoms with Crippen molar-refractivity contribution in [3.63, 3.8) is 0 Å². The highest BCUT2D eigenvalue weighted by molar-refractivity contribution is 5.73. The summed E-state index contributed by atoms with van der Waals surface area (Å²) in [4.78, 5) is 11.6. The third kappa shape index (κ3) is 3.80. The van der Waals surface area contributed by atoms with Gasteiger partial charge >= 0.3 is 5.97 Å². The maximum atomic E-state index is 11.6. The molecule has 3 nitrogen and oxygen atoms in total. The third-order valence-corrected chi connectivity index (χ3v) is 3.58. The largest absolute Gasteiger partial charge is 0.469 e. The van der Waals surface area contributed by atoms with E-state index in [0.717, 1.165) is 12.0 Å². The van der Waals surface area contributed by atoms with Gasteiger partial charge in [0, 0.05) is 0 Å². The van der Waals surface area contributed by atoms with Crippen molar-refractivity contribution in [1.82, 2.24) is 0 Å². The lowest BCUT2D eigenvalue weighted by Gasteiger charge is -2.29. The van der Waals surface area contributed by atoms with Gasteiger partial charge in [0.15, 0.2) is 0 Å². The Kier molecular flexibility index (Phi) is 5.12. The Hall–Kier alpha value is -1.35. The van der Waals surface area contributed by atoms with Crippen molar-refractivity contribution in [2.45, 2.75) is 39.7 Å². The lowest BCUT2D eigenvalue weighted by atomic mass is 9.83. The number of hydrogen-bond acceptors (Lipinski definition) is 3. The van der Waals surface area contributed by atoms with Gasteiger partial charge < -0.3 is 9.84 Å². The van der Waals surface area contributed by atoms with E-state index >= 15 is 0 Å². The molecule has 1 rings (SSSR count). The van der Waals surface area contributed by atoms with Crippen LogP contribution in [0.15, 0.2) is 24.3 Å². The van der Waals surface area contributed by atoms with Gasteiger partial charge in [-0.25, -0.2) is 0 Å². The molecule has 0 bridgehead atoms. The maximum Gasteiger partial charge on any atom is 0.311 e. The molecule has 0 aliphatic rings. The van der Waals surface area contributed by atoms with Crippen LogP contribution in [0.1, 0.15) is 38.8 Å². The van der Waals surface area contributed by atoms with Crippen LogP contribution in [0.4, 0.5) is 0 Å². The molecular formula is C16H24O3. The van der Waals surface area contributed by atoms with Crippen molar-refractivity contribution < 1.29 is 14.6 Å².